The third-order valence-electron chi connectivity index (χ3n) is 5.08. The Balaban J connectivity index is 1.81. The number of carbonyl (C=O) groups excluding carboxylic acids is 1. The van der Waals surface area contributed by atoms with Crippen LogP contribution in [0.2, 0.25) is 0 Å². The van der Waals surface area contributed by atoms with Crippen molar-refractivity contribution in [1.29, 1.82) is 0 Å². The Kier molecular flexibility index (Phi) is 5.02. The van der Waals surface area contributed by atoms with E-state index in [1.807, 2.05) is 68.5 Å². The van der Waals surface area contributed by atoms with Crippen LogP contribution in [-0.4, -0.2) is 10.8 Å². The molecule has 4 rings (SSSR count). The molecule has 0 saturated heterocycles. The lowest BCUT2D eigenvalue weighted by atomic mass is 10.1. The van der Waals surface area contributed by atoms with Gasteiger partial charge in [-0.25, -0.2) is 0 Å². The standard InChI is InChI=1S/C25H20N2O3/c1-17-8-9-18(2)23(14-17)26-24(20-6-4-3-5-7-20)16-21(25(26)28)15-19-10-12-22(13-11-19)27(29)30/h3-16H,1-2H3. The lowest BCUT2D eigenvalue weighted by Crippen LogP contribution is -2.25. The molecule has 0 bridgehead atoms. The van der Waals surface area contributed by atoms with Crippen molar-refractivity contribution in [3.8, 4) is 0 Å². The van der Waals surface area contributed by atoms with Crippen LogP contribution in [0.1, 0.15) is 22.3 Å². The molecule has 0 unspecified atom stereocenters. The summed E-state index contributed by atoms with van der Waals surface area (Å²) in [6.45, 7) is 3.99. The molecular formula is C25H20N2O3. The van der Waals surface area contributed by atoms with Crippen molar-refractivity contribution in [3.63, 3.8) is 0 Å². The average Bonchev–Trinajstić information content (AvgIpc) is 3.07. The Labute approximate surface area is 174 Å². The highest BCUT2D eigenvalue weighted by atomic mass is 16.6. The minimum Gasteiger partial charge on any atom is -0.276 e. The van der Waals surface area contributed by atoms with Crippen molar-refractivity contribution in [2.75, 3.05) is 4.90 Å². The number of non-ortho nitro benzene ring substituents is 1. The van der Waals surface area contributed by atoms with Gasteiger partial charge < -0.3 is 0 Å². The normalized spacial score (nSPS) is 14.9. The van der Waals surface area contributed by atoms with E-state index >= 15 is 0 Å². The molecule has 0 N–H and O–H groups in total. The van der Waals surface area contributed by atoms with E-state index in [0.717, 1.165) is 33.6 Å². The summed E-state index contributed by atoms with van der Waals surface area (Å²) < 4.78 is 0. The second-order valence-corrected chi connectivity index (χ2v) is 7.27. The highest BCUT2D eigenvalue weighted by molar-refractivity contribution is 6.23. The van der Waals surface area contributed by atoms with Crippen LogP contribution >= 0.6 is 0 Å². The summed E-state index contributed by atoms with van der Waals surface area (Å²) in [4.78, 5) is 25.6. The lowest BCUT2D eigenvalue weighted by molar-refractivity contribution is -0.384. The predicted octanol–water partition coefficient (Wildman–Crippen LogP) is 5.68. The van der Waals surface area contributed by atoms with Crippen LogP contribution < -0.4 is 4.90 Å². The van der Waals surface area contributed by atoms with Crippen molar-refractivity contribution < 1.29 is 9.72 Å². The molecule has 148 valence electrons. The van der Waals surface area contributed by atoms with E-state index in [1.165, 1.54) is 12.1 Å². The van der Waals surface area contributed by atoms with Crippen molar-refractivity contribution >= 4 is 29.1 Å². The van der Waals surface area contributed by atoms with Crippen LogP contribution in [0.5, 0.6) is 0 Å². The number of hydrogen-bond acceptors (Lipinski definition) is 3. The molecule has 0 saturated carbocycles. The van der Waals surface area contributed by atoms with Gasteiger partial charge in [-0.15, -0.1) is 0 Å². The zero-order chi connectivity index (χ0) is 21.3. The minimum atomic E-state index is -0.437. The van der Waals surface area contributed by atoms with Gasteiger partial charge >= 0.3 is 0 Å². The second-order valence-electron chi connectivity index (χ2n) is 7.27. The minimum absolute atomic E-state index is 0.0208. The smallest absolute Gasteiger partial charge is 0.269 e. The Morgan fingerprint density at radius 3 is 2.30 bits per heavy atom. The molecule has 1 heterocycles. The quantitative estimate of drug-likeness (QED) is 0.324. The van der Waals surface area contributed by atoms with E-state index in [2.05, 4.69) is 0 Å². The Hall–Kier alpha value is -3.99. The highest BCUT2D eigenvalue weighted by Gasteiger charge is 2.31. The maximum Gasteiger partial charge on any atom is 0.269 e. The lowest BCUT2D eigenvalue weighted by Gasteiger charge is -2.23. The molecule has 5 nitrogen and oxygen atoms in total. The molecular weight excluding hydrogens is 376 g/mol. The fraction of sp³-hybridized carbons (Fsp3) is 0.0800. The average molecular weight is 396 g/mol. The molecule has 5 heteroatoms. The zero-order valence-corrected chi connectivity index (χ0v) is 16.7. The van der Waals surface area contributed by atoms with Gasteiger partial charge in [-0.1, -0.05) is 42.5 Å². The number of anilines is 1. The van der Waals surface area contributed by atoms with Crippen LogP contribution in [0.4, 0.5) is 11.4 Å². The van der Waals surface area contributed by atoms with Crippen molar-refractivity contribution in [1.82, 2.24) is 0 Å². The number of rotatable bonds is 4. The first-order valence-corrected chi connectivity index (χ1v) is 9.59. The van der Waals surface area contributed by atoms with E-state index in [9.17, 15) is 14.9 Å². The van der Waals surface area contributed by atoms with E-state index in [0.29, 0.717) is 5.57 Å². The van der Waals surface area contributed by atoms with Gasteiger partial charge in [0.1, 0.15) is 0 Å². The molecule has 3 aromatic rings. The number of carbonyl (C=O) groups is 1. The van der Waals surface area contributed by atoms with Crippen molar-refractivity contribution in [2.45, 2.75) is 13.8 Å². The Morgan fingerprint density at radius 2 is 1.63 bits per heavy atom. The maximum absolute atomic E-state index is 13.4. The summed E-state index contributed by atoms with van der Waals surface area (Å²) in [5.41, 5.74) is 5.96. The summed E-state index contributed by atoms with van der Waals surface area (Å²) in [6.07, 6.45) is 3.64. The molecule has 0 fully saturated rings. The van der Waals surface area contributed by atoms with Crippen LogP contribution in [0.25, 0.3) is 11.8 Å². The van der Waals surface area contributed by atoms with Crippen LogP contribution in [0.3, 0.4) is 0 Å². The number of nitro groups is 1. The van der Waals surface area contributed by atoms with Crippen LogP contribution in [-0.2, 0) is 4.79 Å². The van der Waals surface area contributed by atoms with Gasteiger partial charge in [0.2, 0.25) is 0 Å². The van der Waals surface area contributed by atoms with Gasteiger partial charge in [0.25, 0.3) is 11.6 Å². The topological polar surface area (TPSA) is 63.5 Å². The third kappa shape index (κ3) is 3.65. The summed E-state index contributed by atoms with van der Waals surface area (Å²) in [5, 5.41) is 10.9. The molecule has 1 aliphatic heterocycles. The van der Waals surface area contributed by atoms with Crippen molar-refractivity contribution in [2.24, 2.45) is 0 Å². The van der Waals surface area contributed by atoms with Crippen LogP contribution in [0.15, 0.2) is 84.4 Å². The second kappa shape index (κ2) is 7.79. The molecule has 0 aliphatic carbocycles. The Bertz CT molecular complexity index is 1190. The van der Waals surface area contributed by atoms with Gasteiger partial charge in [-0.2, -0.15) is 0 Å². The summed E-state index contributed by atoms with van der Waals surface area (Å²) in [6, 6.07) is 22.0. The van der Waals surface area contributed by atoms with E-state index in [-0.39, 0.29) is 11.6 Å². The van der Waals surface area contributed by atoms with Crippen molar-refractivity contribution in [3.05, 3.63) is 117 Å². The maximum atomic E-state index is 13.4. The first kappa shape index (κ1) is 19.3. The number of amides is 1. The SMILES string of the molecule is Cc1ccc(C)c(N2C(=O)C(=Cc3ccc([N+](=O)[O-])cc3)C=C2c2ccccc2)c1. The number of benzene rings is 3. The molecule has 3 aromatic carbocycles. The first-order valence-electron chi connectivity index (χ1n) is 9.59. The molecule has 0 radical (unpaired) electrons. The van der Waals surface area contributed by atoms with Gasteiger partial charge in [-0.05, 0) is 66.5 Å². The summed E-state index contributed by atoms with van der Waals surface area (Å²) in [5.74, 6) is -0.124. The number of hydrogen-bond donors (Lipinski definition) is 0. The van der Waals surface area contributed by atoms with E-state index in [1.54, 1.807) is 23.1 Å². The molecule has 0 atom stereocenters. The first-order chi connectivity index (χ1) is 14.4. The van der Waals surface area contributed by atoms with Gasteiger partial charge in [0.05, 0.1) is 16.3 Å². The molecule has 0 aromatic heterocycles. The summed E-state index contributed by atoms with van der Waals surface area (Å²) >= 11 is 0. The zero-order valence-electron chi connectivity index (χ0n) is 16.7. The fourth-order valence-corrected chi connectivity index (χ4v) is 3.51. The molecule has 0 spiro atoms. The number of aryl methyl sites for hydroxylation is 2. The fourth-order valence-electron chi connectivity index (χ4n) is 3.51. The molecule has 1 aliphatic rings. The van der Waals surface area contributed by atoms with Gasteiger partial charge in [0.15, 0.2) is 0 Å². The number of nitrogens with zero attached hydrogens (tertiary/aromatic N) is 2. The monoisotopic (exact) mass is 396 g/mol. The molecule has 1 amide bonds. The molecule has 30 heavy (non-hydrogen) atoms. The largest absolute Gasteiger partial charge is 0.276 e. The van der Waals surface area contributed by atoms with E-state index in [4.69, 9.17) is 0 Å². The Morgan fingerprint density at radius 1 is 0.933 bits per heavy atom. The summed E-state index contributed by atoms with van der Waals surface area (Å²) in [7, 11) is 0. The predicted molar refractivity (Wildman–Crippen MR) is 119 cm³/mol. The van der Waals surface area contributed by atoms with Crippen LogP contribution in [0, 0.1) is 24.0 Å². The number of nitro benzene ring substituents is 1. The van der Waals surface area contributed by atoms with Gasteiger partial charge in [-0.3, -0.25) is 19.8 Å². The van der Waals surface area contributed by atoms with Gasteiger partial charge in [0, 0.05) is 17.7 Å². The van der Waals surface area contributed by atoms with E-state index < -0.39 is 4.92 Å². The highest BCUT2D eigenvalue weighted by Crippen LogP contribution is 2.37. The third-order valence-corrected chi connectivity index (χ3v) is 5.08.